The normalized spacial score (nSPS) is 10.8. The molecule has 0 spiro atoms. The van der Waals surface area contributed by atoms with Crippen LogP contribution in [0.25, 0.3) is 11.0 Å². The van der Waals surface area contributed by atoms with Gasteiger partial charge in [-0.2, -0.15) is 0 Å². The van der Waals surface area contributed by atoms with Gasteiger partial charge in [-0.3, -0.25) is 4.79 Å². The van der Waals surface area contributed by atoms with Crippen molar-refractivity contribution in [2.45, 2.75) is 19.9 Å². The van der Waals surface area contributed by atoms with E-state index in [0.29, 0.717) is 12.3 Å². The minimum Gasteiger partial charge on any atom is -0.468 e. The number of esters is 1. The molecule has 0 N–H and O–H groups in total. The van der Waals surface area contributed by atoms with Crippen molar-refractivity contribution in [2.75, 3.05) is 13.0 Å². The zero-order chi connectivity index (χ0) is 13.1. The fourth-order valence-electron chi connectivity index (χ4n) is 1.94. The summed E-state index contributed by atoms with van der Waals surface area (Å²) in [6.45, 7) is 2.18. The van der Waals surface area contributed by atoms with Gasteiger partial charge in [0.15, 0.2) is 0 Å². The smallest absolute Gasteiger partial charge is 0.325 e. The lowest BCUT2D eigenvalue weighted by molar-refractivity contribution is -0.141. The maximum Gasteiger partial charge on any atom is 0.325 e. The number of carbonyl (C=O) groups is 1. The highest BCUT2D eigenvalue weighted by Gasteiger charge is 2.13. The lowest BCUT2D eigenvalue weighted by Gasteiger charge is -2.06. The van der Waals surface area contributed by atoms with Gasteiger partial charge in [0.2, 0.25) is 0 Å². The molecule has 0 aliphatic carbocycles. The number of rotatable bonds is 4. The quantitative estimate of drug-likeness (QED) is 0.630. The van der Waals surface area contributed by atoms with Gasteiger partial charge in [-0.1, -0.05) is 6.07 Å². The number of ether oxygens (including phenoxy) is 1. The number of nitrogens with zero attached hydrogens (tertiary/aromatic N) is 2. The Morgan fingerprint density at radius 1 is 1.50 bits per heavy atom. The van der Waals surface area contributed by atoms with E-state index in [-0.39, 0.29) is 12.5 Å². The molecule has 96 valence electrons. The SMILES string of the molecule is COC(=O)Cn1c(CCCl)nc2cc(C)ccc21. The summed E-state index contributed by atoms with van der Waals surface area (Å²) < 4.78 is 6.57. The van der Waals surface area contributed by atoms with Gasteiger partial charge >= 0.3 is 5.97 Å². The number of halogens is 1. The number of methoxy groups -OCH3 is 1. The van der Waals surface area contributed by atoms with Crippen LogP contribution in [0.4, 0.5) is 0 Å². The Morgan fingerprint density at radius 3 is 2.94 bits per heavy atom. The highest BCUT2D eigenvalue weighted by molar-refractivity contribution is 6.17. The molecule has 0 bridgehead atoms. The molecule has 2 rings (SSSR count). The van der Waals surface area contributed by atoms with Crippen molar-refractivity contribution >= 4 is 28.6 Å². The zero-order valence-electron chi connectivity index (χ0n) is 10.4. The van der Waals surface area contributed by atoms with Crippen molar-refractivity contribution in [1.82, 2.24) is 9.55 Å². The van der Waals surface area contributed by atoms with E-state index in [1.165, 1.54) is 7.11 Å². The third-order valence-electron chi connectivity index (χ3n) is 2.82. The van der Waals surface area contributed by atoms with Crippen LogP contribution in [-0.4, -0.2) is 28.5 Å². The molecule has 0 aliphatic rings. The van der Waals surface area contributed by atoms with Gasteiger partial charge in [0, 0.05) is 12.3 Å². The van der Waals surface area contributed by atoms with Crippen LogP contribution >= 0.6 is 11.6 Å². The number of aryl methyl sites for hydroxylation is 2. The molecule has 0 aliphatic heterocycles. The second kappa shape index (κ2) is 5.40. The molecule has 0 saturated carbocycles. The number of aromatic nitrogens is 2. The molecule has 0 unspecified atom stereocenters. The molecular formula is C13H15ClN2O2. The standard InChI is InChI=1S/C13H15ClN2O2/c1-9-3-4-11-10(7-9)15-12(5-6-14)16(11)8-13(17)18-2/h3-4,7H,5-6,8H2,1-2H3. The van der Waals surface area contributed by atoms with Crippen LogP contribution in [0, 0.1) is 6.92 Å². The number of alkyl halides is 1. The van der Waals surface area contributed by atoms with E-state index in [2.05, 4.69) is 4.98 Å². The number of fused-ring (bicyclic) bond motifs is 1. The van der Waals surface area contributed by atoms with Gasteiger partial charge in [0.25, 0.3) is 0 Å². The van der Waals surface area contributed by atoms with E-state index in [1.807, 2.05) is 29.7 Å². The molecular weight excluding hydrogens is 252 g/mol. The molecule has 0 saturated heterocycles. The summed E-state index contributed by atoms with van der Waals surface area (Å²) in [6, 6.07) is 5.97. The second-order valence-electron chi connectivity index (χ2n) is 4.12. The lowest BCUT2D eigenvalue weighted by Crippen LogP contribution is -2.14. The topological polar surface area (TPSA) is 44.1 Å². The van der Waals surface area contributed by atoms with E-state index in [0.717, 1.165) is 22.4 Å². The molecule has 2 aromatic rings. The molecule has 5 heteroatoms. The van der Waals surface area contributed by atoms with Crippen LogP contribution in [0.15, 0.2) is 18.2 Å². The number of benzene rings is 1. The van der Waals surface area contributed by atoms with Crippen LogP contribution in [0.2, 0.25) is 0 Å². The van der Waals surface area contributed by atoms with Gasteiger partial charge in [-0.05, 0) is 24.6 Å². The predicted octanol–water partition coefficient (Wildman–Crippen LogP) is 2.30. The van der Waals surface area contributed by atoms with E-state index in [4.69, 9.17) is 16.3 Å². The van der Waals surface area contributed by atoms with E-state index < -0.39 is 0 Å². The van der Waals surface area contributed by atoms with Crippen molar-refractivity contribution in [3.8, 4) is 0 Å². The average Bonchev–Trinajstić information content (AvgIpc) is 2.67. The Balaban J connectivity index is 2.51. The minimum atomic E-state index is -0.286. The second-order valence-corrected chi connectivity index (χ2v) is 4.50. The molecule has 1 aromatic carbocycles. The number of hydrogen-bond donors (Lipinski definition) is 0. The lowest BCUT2D eigenvalue weighted by atomic mass is 10.2. The molecule has 4 nitrogen and oxygen atoms in total. The summed E-state index contributed by atoms with van der Waals surface area (Å²) in [5.74, 6) is 1.01. The fraction of sp³-hybridized carbons (Fsp3) is 0.385. The van der Waals surface area contributed by atoms with E-state index >= 15 is 0 Å². The molecule has 0 fully saturated rings. The first-order valence-electron chi connectivity index (χ1n) is 5.74. The van der Waals surface area contributed by atoms with Crippen LogP contribution in [0.3, 0.4) is 0 Å². The van der Waals surface area contributed by atoms with Gasteiger partial charge in [-0.15, -0.1) is 11.6 Å². The third-order valence-corrected chi connectivity index (χ3v) is 3.00. The van der Waals surface area contributed by atoms with Crippen molar-refractivity contribution in [3.05, 3.63) is 29.6 Å². The molecule has 0 radical (unpaired) electrons. The minimum absolute atomic E-state index is 0.169. The van der Waals surface area contributed by atoms with E-state index in [9.17, 15) is 4.79 Å². The van der Waals surface area contributed by atoms with Crippen LogP contribution < -0.4 is 0 Å². The fourth-order valence-corrected chi connectivity index (χ4v) is 2.10. The van der Waals surface area contributed by atoms with Gasteiger partial charge in [-0.25, -0.2) is 4.98 Å². The maximum absolute atomic E-state index is 11.4. The van der Waals surface area contributed by atoms with Crippen LogP contribution in [0.1, 0.15) is 11.4 Å². The highest BCUT2D eigenvalue weighted by atomic mass is 35.5. The largest absolute Gasteiger partial charge is 0.468 e. The first-order chi connectivity index (χ1) is 8.65. The maximum atomic E-state index is 11.4. The Hall–Kier alpha value is -1.55. The Bertz CT molecular complexity index is 578. The van der Waals surface area contributed by atoms with Crippen LogP contribution in [0.5, 0.6) is 0 Å². The predicted molar refractivity (Wildman–Crippen MR) is 70.9 cm³/mol. The van der Waals surface area contributed by atoms with E-state index in [1.54, 1.807) is 0 Å². The van der Waals surface area contributed by atoms with Crippen molar-refractivity contribution < 1.29 is 9.53 Å². The Kier molecular flexibility index (Phi) is 3.87. The van der Waals surface area contributed by atoms with Crippen LogP contribution in [-0.2, 0) is 22.5 Å². The Labute approximate surface area is 111 Å². The van der Waals surface area contributed by atoms with Crippen molar-refractivity contribution in [2.24, 2.45) is 0 Å². The summed E-state index contributed by atoms with van der Waals surface area (Å²) in [4.78, 5) is 16.0. The highest BCUT2D eigenvalue weighted by Crippen LogP contribution is 2.18. The summed E-state index contributed by atoms with van der Waals surface area (Å²) in [5, 5.41) is 0. The Morgan fingerprint density at radius 2 is 2.28 bits per heavy atom. The summed E-state index contributed by atoms with van der Waals surface area (Å²) in [5.41, 5.74) is 2.97. The number of imidazole rings is 1. The monoisotopic (exact) mass is 266 g/mol. The molecule has 1 heterocycles. The third kappa shape index (κ3) is 2.48. The van der Waals surface area contributed by atoms with Crippen molar-refractivity contribution in [1.29, 1.82) is 0 Å². The average molecular weight is 267 g/mol. The summed E-state index contributed by atoms with van der Waals surface area (Å²) in [6.07, 6.45) is 0.631. The first-order valence-corrected chi connectivity index (χ1v) is 6.27. The summed E-state index contributed by atoms with van der Waals surface area (Å²) in [7, 11) is 1.38. The molecule has 0 amide bonds. The number of carbonyl (C=O) groups excluding carboxylic acids is 1. The molecule has 0 atom stereocenters. The number of hydrogen-bond acceptors (Lipinski definition) is 3. The zero-order valence-corrected chi connectivity index (χ0v) is 11.2. The molecule has 18 heavy (non-hydrogen) atoms. The first kappa shape index (κ1) is 12.9. The van der Waals surface area contributed by atoms with Crippen molar-refractivity contribution in [3.63, 3.8) is 0 Å². The molecule has 1 aromatic heterocycles. The van der Waals surface area contributed by atoms with Gasteiger partial charge in [0.1, 0.15) is 12.4 Å². The van der Waals surface area contributed by atoms with Gasteiger partial charge < -0.3 is 9.30 Å². The summed E-state index contributed by atoms with van der Waals surface area (Å²) >= 11 is 5.77. The van der Waals surface area contributed by atoms with Gasteiger partial charge in [0.05, 0.1) is 18.1 Å².